The summed E-state index contributed by atoms with van der Waals surface area (Å²) in [7, 11) is 0. The molecule has 0 spiro atoms. The van der Waals surface area contributed by atoms with Gasteiger partial charge in [0.05, 0.1) is 6.10 Å². The topological polar surface area (TPSA) is 20.2 Å². The minimum Gasteiger partial charge on any atom is -0.384 e. The van der Waals surface area contributed by atoms with Gasteiger partial charge in [0.25, 0.3) is 0 Å². The van der Waals surface area contributed by atoms with Crippen LogP contribution in [0.15, 0.2) is 60.2 Å². The van der Waals surface area contributed by atoms with Crippen molar-refractivity contribution in [3.63, 3.8) is 0 Å². The van der Waals surface area contributed by atoms with E-state index in [-0.39, 0.29) is 0 Å². The van der Waals surface area contributed by atoms with Crippen LogP contribution in [-0.2, 0) is 0 Å². The zero-order valence-corrected chi connectivity index (χ0v) is 12.7. The molecule has 0 fully saturated rings. The third-order valence-electron chi connectivity index (χ3n) is 3.13. The van der Waals surface area contributed by atoms with Gasteiger partial charge in [-0.25, -0.2) is 0 Å². The Kier molecular flexibility index (Phi) is 4.98. The molecule has 0 aromatic heterocycles. The Balaban J connectivity index is 2.41. The van der Waals surface area contributed by atoms with Crippen molar-refractivity contribution < 1.29 is 5.11 Å². The van der Waals surface area contributed by atoms with Gasteiger partial charge in [0.15, 0.2) is 0 Å². The molecule has 0 bridgehead atoms. The Labute approximate surface area is 127 Å². The molecular formula is C20H20O. The summed E-state index contributed by atoms with van der Waals surface area (Å²) in [4.78, 5) is 0. The molecule has 1 atom stereocenters. The summed E-state index contributed by atoms with van der Waals surface area (Å²) in [6, 6.07) is 15.9. The van der Waals surface area contributed by atoms with E-state index < -0.39 is 6.10 Å². The predicted molar refractivity (Wildman–Crippen MR) is 88.0 cm³/mol. The summed E-state index contributed by atoms with van der Waals surface area (Å²) in [5.74, 6) is 6.32. The third-order valence-corrected chi connectivity index (χ3v) is 3.13. The highest BCUT2D eigenvalue weighted by molar-refractivity contribution is 5.49. The summed E-state index contributed by atoms with van der Waals surface area (Å²) in [5.41, 5.74) is 4.91. The molecule has 106 valence electrons. The van der Waals surface area contributed by atoms with Crippen LogP contribution in [-0.4, -0.2) is 5.11 Å². The minimum absolute atomic E-state index is 0.616. The first kappa shape index (κ1) is 15.1. The maximum Gasteiger partial charge on any atom is 0.0986 e. The molecule has 0 aliphatic carbocycles. The maximum absolute atomic E-state index is 10.3. The number of benzene rings is 2. The SMILES string of the molecule is CC(C)=CC(O)c1cc(C)ccc1C#Cc1ccccc1. The highest BCUT2D eigenvalue weighted by atomic mass is 16.3. The Morgan fingerprint density at radius 1 is 1.05 bits per heavy atom. The Bertz CT molecular complexity index is 696. The summed E-state index contributed by atoms with van der Waals surface area (Å²) >= 11 is 0. The Morgan fingerprint density at radius 2 is 1.76 bits per heavy atom. The molecule has 2 aromatic rings. The molecule has 0 aliphatic heterocycles. The highest BCUT2D eigenvalue weighted by Gasteiger charge is 2.09. The standard InChI is InChI=1S/C20H20O/c1-15(2)13-20(21)19-14-16(3)9-11-18(19)12-10-17-7-5-4-6-8-17/h4-9,11,13-14,20-21H,1-3H3. The van der Waals surface area contributed by atoms with Gasteiger partial charge in [0, 0.05) is 16.7 Å². The van der Waals surface area contributed by atoms with E-state index in [9.17, 15) is 5.11 Å². The lowest BCUT2D eigenvalue weighted by atomic mass is 9.98. The summed E-state index contributed by atoms with van der Waals surface area (Å²) in [6.45, 7) is 5.98. The van der Waals surface area contributed by atoms with E-state index in [0.29, 0.717) is 0 Å². The molecule has 2 rings (SSSR count). The number of allylic oxidation sites excluding steroid dienone is 1. The van der Waals surface area contributed by atoms with Gasteiger partial charge in [-0.1, -0.05) is 59.4 Å². The smallest absolute Gasteiger partial charge is 0.0986 e. The fraction of sp³-hybridized carbons (Fsp3) is 0.200. The van der Waals surface area contributed by atoms with E-state index in [1.165, 1.54) is 0 Å². The van der Waals surface area contributed by atoms with Gasteiger partial charge in [-0.2, -0.15) is 0 Å². The zero-order valence-electron chi connectivity index (χ0n) is 12.7. The van der Waals surface area contributed by atoms with Crippen molar-refractivity contribution in [1.29, 1.82) is 0 Å². The van der Waals surface area contributed by atoms with Gasteiger partial charge in [-0.15, -0.1) is 0 Å². The van der Waals surface area contributed by atoms with Crippen molar-refractivity contribution in [2.45, 2.75) is 26.9 Å². The van der Waals surface area contributed by atoms with Crippen LogP contribution in [0.3, 0.4) is 0 Å². The highest BCUT2D eigenvalue weighted by Crippen LogP contribution is 2.21. The third kappa shape index (κ3) is 4.34. The second-order valence-corrected chi connectivity index (χ2v) is 5.40. The van der Waals surface area contributed by atoms with E-state index in [4.69, 9.17) is 0 Å². The molecule has 0 heterocycles. The van der Waals surface area contributed by atoms with Gasteiger partial charge in [0.1, 0.15) is 0 Å². The van der Waals surface area contributed by atoms with Crippen LogP contribution >= 0.6 is 0 Å². The van der Waals surface area contributed by atoms with E-state index in [1.54, 1.807) is 0 Å². The lowest BCUT2D eigenvalue weighted by Gasteiger charge is -2.11. The quantitative estimate of drug-likeness (QED) is 0.637. The number of aliphatic hydroxyl groups is 1. The molecule has 1 unspecified atom stereocenters. The van der Waals surface area contributed by atoms with Crippen molar-refractivity contribution in [2.24, 2.45) is 0 Å². The lowest BCUT2D eigenvalue weighted by molar-refractivity contribution is 0.227. The average Bonchev–Trinajstić information content (AvgIpc) is 2.46. The van der Waals surface area contributed by atoms with Gasteiger partial charge in [-0.05, 0) is 39.0 Å². The van der Waals surface area contributed by atoms with Crippen LogP contribution in [0.4, 0.5) is 0 Å². The van der Waals surface area contributed by atoms with Gasteiger partial charge >= 0.3 is 0 Å². The summed E-state index contributed by atoms with van der Waals surface area (Å²) < 4.78 is 0. The minimum atomic E-state index is -0.616. The van der Waals surface area contributed by atoms with E-state index in [0.717, 1.165) is 27.8 Å². The molecule has 0 amide bonds. The number of rotatable bonds is 2. The second kappa shape index (κ2) is 6.92. The maximum atomic E-state index is 10.3. The molecule has 1 nitrogen and oxygen atoms in total. The molecule has 0 saturated carbocycles. The van der Waals surface area contributed by atoms with E-state index in [1.807, 2.05) is 75.4 Å². The van der Waals surface area contributed by atoms with Gasteiger partial charge < -0.3 is 5.11 Å². The van der Waals surface area contributed by atoms with Crippen LogP contribution in [0, 0.1) is 18.8 Å². The number of hydrogen-bond acceptors (Lipinski definition) is 1. The van der Waals surface area contributed by atoms with Crippen molar-refractivity contribution in [3.05, 3.63) is 82.4 Å². The fourth-order valence-electron chi connectivity index (χ4n) is 2.11. The molecule has 0 saturated heterocycles. The van der Waals surface area contributed by atoms with Crippen LogP contribution in [0.5, 0.6) is 0 Å². The van der Waals surface area contributed by atoms with Crippen molar-refractivity contribution in [1.82, 2.24) is 0 Å². The number of aryl methyl sites for hydroxylation is 1. The zero-order chi connectivity index (χ0) is 15.2. The first-order valence-electron chi connectivity index (χ1n) is 7.07. The van der Waals surface area contributed by atoms with Crippen LogP contribution in [0.25, 0.3) is 0 Å². The summed E-state index contributed by atoms with van der Waals surface area (Å²) in [6.07, 6.45) is 1.23. The molecule has 1 N–H and O–H groups in total. The van der Waals surface area contributed by atoms with Crippen LogP contribution in [0.1, 0.15) is 42.2 Å². The molecule has 1 heteroatoms. The molecule has 2 aromatic carbocycles. The second-order valence-electron chi connectivity index (χ2n) is 5.40. The Morgan fingerprint density at radius 3 is 2.43 bits per heavy atom. The van der Waals surface area contributed by atoms with E-state index in [2.05, 4.69) is 11.8 Å². The fourth-order valence-corrected chi connectivity index (χ4v) is 2.11. The molecule has 0 radical (unpaired) electrons. The van der Waals surface area contributed by atoms with Gasteiger partial charge in [0.2, 0.25) is 0 Å². The average molecular weight is 276 g/mol. The normalized spacial score (nSPS) is 11.2. The molecule has 21 heavy (non-hydrogen) atoms. The number of hydrogen-bond donors (Lipinski definition) is 1. The van der Waals surface area contributed by atoms with Crippen molar-refractivity contribution in [3.8, 4) is 11.8 Å². The van der Waals surface area contributed by atoms with Crippen LogP contribution < -0.4 is 0 Å². The van der Waals surface area contributed by atoms with Crippen molar-refractivity contribution >= 4 is 0 Å². The first-order chi connectivity index (χ1) is 10.1. The molecular weight excluding hydrogens is 256 g/mol. The molecule has 0 aliphatic rings. The Hall–Kier alpha value is -2.30. The first-order valence-corrected chi connectivity index (χ1v) is 7.07. The van der Waals surface area contributed by atoms with Crippen LogP contribution in [0.2, 0.25) is 0 Å². The summed E-state index contributed by atoms with van der Waals surface area (Å²) in [5, 5.41) is 10.3. The lowest BCUT2D eigenvalue weighted by Crippen LogP contribution is -1.98. The van der Waals surface area contributed by atoms with Gasteiger partial charge in [-0.3, -0.25) is 0 Å². The van der Waals surface area contributed by atoms with E-state index >= 15 is 0 Å². The monoisotopic (exact) mass is 276 g/mol. The largest absolute Gasteiger partial charge is 0.384 e. The number of aliphatic hydroxyl groups excluding tert-OH is 1. The van der Waals surface area contributed by atoms with Crippen molar-refractivity contribution in [2.75, 3.05) is 0 Å². The predicted octanol–water partition coefficient (Wildman–Crippen LogP) is 4.39.